The molecule has 3 rings (SSSR count). The van der Waals surface area contributed by atoms with Gasteiger partial charge < -0.3 is 9.64 Å². The predicted octanol–water partition coefficient (Wildman–Crippen LogP) is 1.54. The Morgan fingerprint density at radius 1 is 1.26 bits per heavy atom. The molecule has 0 aromatic carbocycles. The second-order valence-electron chi connectivity index (χ2n) is 6.61. The molecular weight excluding hydrogens is 254 g/mol. The van der Waals surface area contributed by atoms with Crippen LogP contribution < -0.4 is 4.90 Å². The standard InChI is InChI=1S/C14H19N3OSi/c1-19(2,3)5-4-12-6-15-7-13(16-12)17-8-14(9-17)10-18-11-14/h6-7H,8-11H2,1-3H3. The van der Waals surface area contributed by atoms with Crippen LogP contribution >= 0.6 is 0 Å². The second kappa shape index (κ2) is 4.32. The van der Waals surface area contributed by atoms with Gasteiger partial charge in [-0.2, -0.15) is 0 Å². The Bertz CT molecular complexity index is 544. The number of anilines is 1. The summed E-state index contributed by atoms with van der Waals surface area (Å²) in [7, 11) is -1.36. The van der Waals surface area contributed by atoms with Gasteiger partial charge in [-0.15, -0.1) is 5.54 Å². The van der Waals surface area contributed by atoms with Gasteiger partial charge in [-0.1, -0.05) is 25.6 Å². The van der Waals surface area contributed by atoms with Crippen molar-refractivity contribution >= 4 is 13.9 Å². The van der Waals surface area contributed by atoms with E-state index < -0.39 is 8.07 Å². The summed E-state index contributed by atoms with van der Waals surface area (Å²) in [5.74, 6) is 4.11. The average molecular weight is 273 g/mol. The molecule has 0 amide bonds. The third-order valence-electron chi connectivity index (χ3n) is 3.38. The van der Waals surface area contributed by atoms with E-state index in [-0.39, 0.29) is 0 Å². The third-order valence-corrected chi connectivity index (χ3v) is 4.26. The minimum Gasteiger partial charge on any atom is -0.380 e. The van der Waals surface area contributed by atoms with Gasteiger partial charge in [-0.05, 0) is 0 Å². The molecular formula is C14H19N3OSi. The zero-order valence-corrected chi connectivity index (χ0v) is 12.7. The van der Waals surface area contributed by atoms with E-state index in [0.29, 0.717) is 5.41 Å². The van der Waals surface area contributed by atoms with Gasteiger partial charge in [0.05, 0.1) is 31.0 Å². The van der Waals surface area contributed by atoms with Crippen molar-refractivity contribution in [1.82, 2.24) is 9.97 Å². The molecule has 0 saturated carbocycles. The Balaban J connectivity index is 1.72. The molecule has 4 nitrogen and oxygen atoms in total. The normalized spacial score (nSPS) is 20.3. The van der Waals surface area contributed by atoms with E-state index in [1.807, 2.05) is 6.20 Å². The summed E-state index contributed by atoms with van der Waals surface area (Å²) >= 11 is 0. The van der Waals surface area contributed by atoms with E-state index in [9.17, 15) is 0 Å². The lowest BCUT2D eigenvalue weighted by molar-refractivity contribution is -0.127. The van der Waals surface area contributed by atoms with E-state index in [2.05, 4.69) is 46.0 Å². The lowest BCUT2D eigenvalue weighted by Crippen LogP contribution is -2.66. The Kier molecular flexibility index (Phi) is 2.88. The van der Waals surface area contributed by atoms with E-state index in [4.69, 9.17) is 4.74 Å². The summed E-state index contributed by atoms with van der Waals surface area (Å²) < 4.78 is 5.28. The number of aromatic nitrogens is 2. The maximum Gasteiger partial charge on any atom is 0.148 e. The van der Waals surface area contributed by atoms with Crippen molar-refractivity contribution in [2.24, 2.45) is 5.41 Å². The minimum absolute atomic E-state index is 0.404. The first-order valence-electron chi connectivity index (χ1n) is 6.64. The number of hydrogen-bond acceptors (Lipinski definition) is 4. The lowest BCUT2D eigenvalue weighted by atomic mass is 9.78. The molecule has 100 valence electrons. The molecule has 0 radical (unpaired) electrons. The molecule has 2 fully saturated rings. The fourth-order valence-electron chi connectivity index (χ4n) is 2.32. The number of ether oxygens (including phenoxy) is 1. The molecule has 2 aliphatic rings. The fraction of sp³-hybridized carbons (Fsp3) is 0.571. The first-order valence-corrected chi connectivity index (χ1v) is 10.1. The van der Waals surface area contributed by atoms with Crippen LogP contribution in [-0.4, -0.2) is 44.3 Å². The highest BCUT2D eigenvalue weighted by molar-refractivity contribution is 6.83. The van der Waals surface area contributed by atoms with Gasteiger partial charge in [-0.3, -0.25) is 4.98 Å². The summed E-state index contributed by atoms with van der Waals surface area (Å²) in [6, 6.07) is 0. The highest BCUT2D eigenvalue weighted by Crippen LogP contribution is 2.39. The summed E-state index contributed by atoms with van der Waals surface area (Å²) in [5.41, 5.74) is 4.51. The van der Waals surface area contributed by atoms with Crippen LogP contribution in [0.4, 0.5) is 5.82 Å². The molecule has 2 saturated heterocycles. The summed E-state index contributed by atoms with van der Waals surface area (Å²) in [6.45, 7) is 10.5. The van der Waals surface area contributed by atoms with Crippen LogP contribution in [0.2, 0.25) is 19.6 Å². The number of nitrogens with zero attached hydrogens (tertiary/aromatic N) is 3. The summed E-state index contributed by atoms with van der Waals surface area (Å²) in [6.07, 6.45) is 3.57. The van der Waals surface area contributed by atoms with Crippen molar-refractivity contribution in [3.05, 3.63) is 18.1 Å². The number of hydrogen-bond donors (Lipinski definition) is 0. The van der Waals surface area contributed by atoms with Crippen LogP contribution in [0.3, 0.4) is 0 Å². The van der Waals surface area contributed by atoms with Gasteiger partial charge in [-0.25, -0.2) is 4.98 Å². The van der Waals surface area contributed by atoms with Gasteiger partial charge in [0.15, 0.2) is 0 Å². The van der Waals surface area contributed by atoms with Gasteiger partial charge in [0.25, 0.3) is 0 Å². The topological polar surface area (TPSA) is 38.2 Å². The zero-order chi connectivity index (χ0) is 13.5. The zero-order valence-electron chi connectivity index (χ0n) is 11.7. The molecule has 0 N–H and O–H groups in total. The lowest BCUT2D eigenvalue weighted by Gasteiger charge is -2.55. The predicted molar refractivity (Wildman–Crippen MR) is 77.7 cm³/mol. The number of rotatable bonds is 1. The van der Waals surface area contributed by atoms with Gasteiger partial charge in [0.2, 0.25) is 0 Å². The first-order chi connectivity index (χ1) is 8.96. The molecule has 2 aliphatic heterocycles. The van der Waals surface area contributed by atoms with Crippen molar-refractivity contribution in [2.45, 2.75) is 19.6 Å². The molecule has 1 aromatic rings. The van der Waals surface area contributed by atoms with Crippen LogP contribution in [-0.2, 0) is 4.74 Å². The highest BCUT2D eigenvalue weighted by atomic mass is 28.3. The van der Waals surface area contributed by atoms with E-state index in [1.54, 1.807) is 6.20 Å². The van der Waals surface area contributed by atoms with Crippen molar-refractivity contribution in [1.29, 1.82) is 0 Å². The fourth-order valence-corrected chi connectivity index (χ4v) is 2.82. The van der Waals surface area contributed by atoms with Crippen LogP contribution in [0, 0.1) is 16.9 Å². The van der Waals surface area contributed by atoms with Crippen molar-refractivity contribution in [2.75, 3.05) is 31.2 Å². The minimum atomic E-state index is -1.36. The van der Waals surface area contributed by atoms with Gasteiger partial charge in [0.1, 0.15) is 19.6 Å². The Morgan fingerprint density at radius 3 is 2.58 bits per heavy atom. The Labute approximate surface area is 115 Å². The third kappa shape index (κ3) is 2.65. The van der Waals surface area contributed by atoms with Crippen molar-refractivity contribution < 1.29 is 4.74 Å². The Morgan fingerprint density at radius 2 is 2.00 bits per heavy atom. The quantitative estimate of drug-likeness (QED) is 0.575. The summed E-state index contributed by atoms with van der Waals surface area (Å²) in [4.78, 5) is 11.1. The maximum absolute atomic E-state index is 5.28. The SMILES string of the molecule is C[Si](C)(C)C#Cc1cncc(N2CC3(COC3)C2)n1. The monoisotopic (exact) mass is 273 g/mol. The van der Waals surface area contributed by atoms with Gasteiger partial charge >= 0.3 is 0 Å². The highest BCUT2D eigenvalue weighted by Gasteiger charge is 2.49. The smallest absolute Gasteiger partial charge is 0.148 e. The van der Waals surface area contributed by atoms with Crippen molar-refractivity contribution in [3.8, 4) is 11.5 Å². The molecule has 19 heavy (non-hydrogen) atoms. The first kappa shape index (κ1) is 12.6. The molecule has 0 unspecified atom stereocenters. The van der Waals surface area contributed by atoms with Crippen LogP contribution in [0.1, 0.15) is 5.69 Å². The van der Waals surface area contributed by atoms with Crippen LogP contribution in [0.5, 0.6) is 0 Å². The second-order valence-corrected chi connectivity index (χ2v) is 11.4. The molecule has 1 spiro atoms. The Hall–Kier alpha value is -1.38. The molecule has 0 atom stereocenters. The van der Waals surface area contributed by atoms with Gasteiger partial charge in [0, 0.05) is 13.1 Å². The molecule has 5 heteroatoms. The molecule has 1 aromatic heterocycles. The molecule has 0 aliphatic carbocycles. The van der Waals surface area contributed by atoms with E-state index in [1.165, 1.54) is 0 Å². The van der Waals surface area contributed by atoms with E-state index >= 15 is 0 Å². The average Bonchev–Trinajstić information content (AvgIpc) is 2.22. The van der Waals surface area contributed by atoms with E-state index in [0.717, 1.165) is 37.8 Å². The molecule has 3 heterocycles. The largest absolute Gasteiger partial charge is 0.380 e. The maximum atomic E-state index is 5.28. The van der Waals surface area contributed by atoms with Crippen LogP contribution in [0.25, 0.3) is 0 Å². The molecule has 0 bridgehead atoms. The van der Waals surface area contributed by atoms with Crippen molar-refractivity contribution in [3.63, 3.8) is 0 Å². The van der Waals surface area contributed by atoms with Crippen LogP contribution in [0.15, 0.2) is 12.4 Å². The summed E-state index contributed by atoms with van der Waals surface area (Å²) in [5, 5.41) is 0.